The Morgan fingerprint density at radius 2 is 2.29 bits per heavy atom. The highest BCUT2D eigenvalue weighted by Crippen LogP contribution is 2.05. The Bertz CT molecular complexity index is 533. The summed E-state index contributed by atoms with van der Waals surface area (Å²) in [6.07, 6.45) is 1.76. The van der Waals surface area contributed by atoms with Crippen LogP contribution in [0.15, 0.2) is 29.2 Å². The fourth-order valence-corrected chi connectivity index (χ4v) is 1.71. The van der Waals surface area contributed by atoms with E-state index in [1.807, 2.05) is 19.1 Å². The van der Waals surface area contributed by atoms with Crippen molar-refractivity contribution in [2.75, 3.05) is 0 Å². The van der Waals surface area contributed by atoms with Gasteiger partial charge in [-0.2, -0.15) is 0 Å². The molecule has 2 aromatic heterocycles. The summed E-state index contributed by atoms with van der Waals surface area (Å²) in [5, 5.41) is 0. The molecular formula is C10H9IN2O. The standard InChI is InChI=1S/C10H9IN2O/c1-7-2-3-13-9(4-7)12-8(6-11)5-10(13)14/h2-5H,6H2,1H3. The molecule has 2 rings (SSSR count). The maximum Gasteiger partial charge on any atom is 0.258 e. The topological polar surface area (TPSA) is 34.4 Å². The van der Waals surface area contributed by atoms with Gasteiger partial charge in [-0.15, -0.1) is 0 Å². The highest BCUT2D eigenvalue weighted by atomic mass is 127. The Hall–Kier alpha value is -0.910. The zero-order valence-electron chi connectivity index (χ0n) is 7.70. The number of rotatable bonds is 1. The summed E-state index contributed by atoms with van der Waals surface area (Å²) in [5.41, 5.74) is 2.66. The molecule has 2 aromatic rings. The summed E-state index contributed by atoms with van der Waals surface area (Å²) in [4.78, 5) is 16.0. The third-order valence-corrected chi connectivity index (χ3v) is 2.79. The summed E-state index contributed by atoms with van der Waals surface area (Å²) in [5.74, 6) is 0. The van der Waals surface area contributed by atoms with E-state index < -0.39 is 0 Å². The Morgan fingerprint density at radius 1 is 1.50 bits per heavy atom. The fourth-order valence-electron chi connectivity index (χ4n) is 1.32. The number of hydrogen-bond donors (Lipinski definition) is 0. The molecular weight excluding hydrogens is 291 g/mol. The molecule has 3 nitrogen and oxygen atoms in total. The number of nitrogens with zero attached hydrogens (tertiary/aromatic N) is 2. The maximum atomic E-state index is 11.6. The molecule has 0 unspecified atom stereocenters. The minimum absolute atomic E-state index is 0.0123. The van der Waals surface area contributed by atoms with Crippen molar-refractivity contribution in [3.8, 4) is 0 Å². The Morgan fingerprint density at radius 3 is 3.00 bits per heavy atom. The smallest absolute Gasteiger partial charge is 0.258 e. The number of fused-ring (bicyclic) bond motifs is 1. The van der Waals surface area contributed by atoms with Crippen molar-refractivity contribution < 1.29 is 0 Å². The zero-order chi connectivity index (χ0) is 10.1. The molecule has 14 heavy (non-hydrogen) atoms. The molecule has 4 heteroatoms. The van der Waals surface area contributed by atoms with Crippen LogP contribution in [0.5, 0.6) is 0 Å². The van der Waals surface area contributed by atoms with E-state index in [9.17, 15) is 4.79 Å². The summed E-state index contributed by atoms with van der Waals surface area (Å²) in [6, 6.07) is 5.39. The second kappa shape index (κ2) is 3.68. The van der Waals surface area contributed by atoms with E-state index in [0.717, 1.165) is 21.3 Å². The van der Waals surface area contributed by atoms with Crippen molar-refractivity contribution in [3.63, 3.8) is 0 Å². The highest BCUT2D eigenvalue weighted by Gasteiger charge is 2.00. The van der Waals surface area contributed by atoms with E-state index in [2.05, 4.69) is 27.6 Å². The lowest BCUT2D eigenvalue weighted by atomic mass is 10.3. The lowest BCUT2D eigenvalue weighted by Crippen LogP contribution is -2.14. The van der Waals surface area contributed by atoms with Crippen LogP contribution in [0.3, 0.4) is 0 Å². The second-order valence-corrected chi connectivity index (χ2v) is 3.91. The third kappa shape index (κ3) is 1.66. The molecule has 0 radical (unpaired) electrons. The van der Waals surface area contributed by atoms with Crippen LogP contribution in [0.1, 0.15) is 11.3 Å². The van der Waals surface area contributed by atoms with Crippen molar-refractivity contribution in [1.82, 2.24) is 9.38 Å². The molecule has 72 valence electrons. The van der Waals surface area contributed by atoms with E-state index in [0.29, 0.717) is 0 Å². The minimum Gasteiger partial charge on any atom is -0.269 e. The number of pyridine rings is 1. The van der Waals surface area contributed by atoms with Crippen molar-refractivity contribution in [1.29, 1.82) is 0 Å². The fraction of sp³-hybridized carbons (Fsp3) is 0.200. The molecule has 0 saturated heterocycles. The SMILES string of the molecule is Cc1ccn2c(=O)cc(CI)nc2c1. The van der Waals surface area contributed by atoms with Crippen LogP contribution in [-0.2, 0) is 4.43 Å². The highest BCUT2D eigenvalue weighted by molar-refractivity contribution is 14.1. The van der Waals surface area contributed by atoms with E-state index in [-0.39, 0.29) is 5.56 Å². The summed E-state index contributed by atoms with van der Waals surface area (Å²) in [7, 11) is 0. The first-order valence-electron chi connectivity index (χ1n) is 4.25. The summed E-state index contributed by atoms with van der Waals surface area (Å²) >= 11 is 2.20. The van der Waals surface area contributed by atoms with Crippen LogP contribution < -0.4 is 5.56 Å². The van der Waals surface area contributed by atoms with Crippen LogP contribution in [0.25, 0.3) is 5.65 Å². The molecule has 0 spiro atoms. The van der Waals surface area contributed by atoms with Gasteiger partial charge in [0.1, 0.15) is 5.65 Å². The van der Waals surface area contributed by atoms with Gasteiger partial charge in [-0.05, 0) is 24.6 Å². The van der Waals surface area contributed by atoms with Gasteiger partial charge in [-0.25, -0.2) is 4.98 Å². The van der Waals surface area contributed by atoms with Crippen molar-refractivity contribution in [2.45, 2.75) is 11.4 Å². The van der Waals surface area contributed by atoms with E-state index in [1.165, 1.54) is 0 Å². The molecule has 2 heterocycles. The summed E-state index contributed by atoms with van der Waals surface area (Å²) in [6.45, 7) is 1.99. The first-order valence-corrected chi connectivity index (χ1v) is 5.78. The largest absolute Gasteiger partial charge is 0.269 e. The average molecular weight is 300 g/mol. The van der Waals surface area contributed by atoms with Gasteiger partial charge < -0.3 is 0 Å². The Kier molecular flexibility index (Phi) is 2.54. The number of aryl methyl sites for hydroxylation is 1. The van der Waals surface area contributed by atoms with Crippen molar-refractivity contribution >= 4 is 28.2 Å². The van der Waals surface area contributed by atoms with Gasteiger partial charge in [-0.3, -0.25) is 9.20 Å². The third-order valence-electron chi connectivity index (χ3n) is 2.01. The monoisotopic (exact) mass is 300 g/mol. The van der Waals surface area contributed by atoms with Gasteiger partial charge in [0, 0.05) is 16.7 Å². The first-order chi connectivity index (χ1) is 6.70. The first kappa shape index (κ1) is 9.64. The normalized spacial score (nSPS) is 10.7. The quantitative estimate of drug-likeness (QED) is 0.596. The molecule has 0 atom stereocenters. The number of halogens is 1. The number of alkyl halides is 1. The average Bonchev–Trinajstić information content (AvgIpc) is 2.16. The van der Waals surface area contributed by atoms with E-state index in [4.69, 9.17) is 0 Å². The lowest BCUT2D eigenvalue weighted by Gasteiger charge is -2.02. The lowest BCUT2D eigenvalue weighted by molar-refractivity contribution is 1.01. The van der Waals surface area contributed by atoms with Crippen LogP contribution in [0.4, 0.5) is 0 Å². The summed E-state index contributed by atoms with van der Waals surface area (Å²) < 4.78 is 2.32. The molecule has 0 aliphatic carbocycles. The molecule has 0 saturated carbocycles. The van der Waals surface area contributed by atoms with Gasteiger partial charge in [-0.1, -0.05) is 22.6 Å². The molecule has 0 fully saturated rings. The van der Waals surface area contributed by atoms with Crippen molar-refractivity contribution in [3.05, 3.63) is 46.0 Å². The van der Waals surface area contributed by atoms with Crippen LogP contribution in [-0.4, -0.2) is 9.38 Å². The number of aromatic nitrogens is 2. The van der Waals surface area contributed by atoms with Gasteiger partial charge in [0.05, 0.1) is 5.69 Å². The Labute approximate surface area is 94.9 Å². The van der Waals surface area contributed by atoms with E-state index >= 15 is 0 Å². The van der Waals surface area contributed by atoms with Gasteiger partial charge >= 0.3 is 0 Å². The number of hydrogen-bond acceptors (Lipinski definition) is 2. The van der Waals surface area contributed by atoms with Gasteiger partial charge in [0.2, 0.25) is 0 Å². The van der Waals surface area contributed by atoms with E-state index in [1.54, 1.807) is 16.7 Å². The van der Waals surface area contributed by atoms with Gasteiger partial charge in [0.25, 0.3) is 5.56 Å². The molecule has 0 aromatic carbocycles. The van der Waals surface area contributed by atoms with Crippen LogP contribution in [0, 0.1) is 6.92 Å². The minimum atomic E-state index is -0.0123. The predicted octanol–water partition coefficient (Wildman–Crippen LogP) is 1.94. The predicted molar refractivity (Wildman–Crippen MR) is 63.9 cm³/mol. The Balaban J connectivity index is 2.84. The van der Waals surface area contributed by atoms with Crippen molar-refractivity contribution in [2.24, 2.45) is 0 Å². The van der Waals surface area contributed by atoms with Gasteiger partial charge in [0.15, 0.2) is 0 Å². The molecule has 0 amide bonds. The second-order valence-electron chi connectivity index (χ2n) is 3.15. The molecule has 0 bridgehead atoms. The molecule has 0 aliphatic rings. The zero-order valence-corrected chi connectivity index (χ0v) is 9.85. The maximum absolute atomic E-state index is 11.6. The molecule has 0 aliphatic heterocycles. The van der Waals surface area contributed by atoms with Crippen LogP contribution >= 0.6 is 22.6 Å². The molecule has 0 N–H and O–H groups in total. The van der Waals surface area contributed by atoms with Crippen LogP contribution in [0.2, 0.25) is 0 Å².